The van der Waals surface area contributed by atoms with Crippen molar-refractivity contribution >= 4 is 21.9 Å². The maximum absolute atomic E-state index is 11.5. The summed E-state index contributed by atoms with van der Waals surface area (Å²) in [6.07, 6.45) is 3.68. The van der Waals surface area contributed by atoms with Gasteiger partial charge in [-0.1, -0.05) is 47.1 Å². The Morgan fingerprint density at radius 1 is 1.39 bits per heavy atom. The highest BCUT2D eigenvalue weighted by Gasteiger charge is 2.15. The van der Waals surface area contributed by atoms with E-state index < -0.39 is 0 Å². The van der Waals surface area contributed by atoms with Crippen LogP contribution in [0.3, 0.4) is 0 Å². The van der Waals surface area contributed by atoms with Crippen LogP contribution in [0.1, 0.15) is 37.3 Å². The van der Waals surface area contributed by atoms with E-state index in [-0.39, 0.29) is 10.8 Å². The van der Waals surface area contributed by atoms with Gasteiger partial charge in [0.2, 0.25) is 0 Å². The van der Waals surface area contributed by atoms with Crippen molar-refractivity contribution in [3.63, 3.8) is 0 Å². The van der Waals surface area contributed by atoms with Gasteiger partial charge in [0.15, 0.2) is 0 Å². The van der Waals surface area contributed by atoms with Crippen LogP contribution in [0.5, 0.6) is 0 Å². The summed E-state index contributed by atoms with van der Waals surface area (Å²) in [6, 6.07) is 8.38. The van der Waals surface area contributed by atoms with Crippen molar-refractivity contribution < 1.29 is 9.53 Å². The molecule has 0 bridgehead atoms. The summed E-state index contributed by atoms with van der Waals surface area (Å²) in [5, 5.41) is 0. The minimum atomic E-state index is -0.173. The number of aryl methyl sites for hydroxylation is 2. The molecule has 3 heteroatoms. The van der Waals surface area contributed by atoms with Gasteiger partial charge < -0.3 is 4.74 Å². The van der Waals surface area contributed by atoms with E-state index in [4.69, 9.17) is 4.74 Å². The van der Waals surface area contributed by atoms with Crippen molar-refractivity contribution in [2.75, 3.05) is 6.61 Å². The van der Waals surface area contributed by atoms with Crippen LogP contribution in [0.2, 0.25) is 0 Å². The fourth-order valence-corrected chi connectivity index (χ4v) is 2.23. The van der Waals surface area contributed by atoms with Crippen molar-refractivity contribution in [1.82, 2.24) is 0 Å². The molecule has 0 fully saturated rings. The maximum Gasteiger partial charge on any atom is 0.319 e. The van der Waals surface area contributed by atoms with Crippen molar-refractivity contribution in [3.05, 3.63) is 35.4 Å². The number of esters is 1. The highest BCUT2D eigenvalue weighted by Crippen LogP contribution is 2.15. The summed E-state index contributed by atoms with van der Waals surface area (Å²) < 4.78 is 5.09. The largest absolute Gasteiger partial charge is 0.465 e. The highest BCUT2D eigenvalue weighted by atomic mass is 79.9. The van der Waals surface area contributed by atoms with Gasteiger partial charge >= 0.3 is 5.97 Å². The molecule has 1 aromatic carbocycles. The average molecular weight is 313 g/mol. The Labute approximate surface area is 118 Å². The zero-order valence-corrected chi connectivity index (χ0v) is 12.7. The van der Waals surface area contributed by atoms with Crippen LogP contribution in [0.4, 0.5) is 0 Å². The predicted octanol–water partition coefficient (Wildman–Crippen LogP) is 4.03. The van der Waals surface area contributed by atoms with Gasteiger partial charge in [0.1, 0.15) is 4.83 Å². The fraction of sp³-hybridized carbons (Fsp3) is 0.533. The van der Waals surface area contributed by atoms with Crippen molar-refractivity contribution in [2.45, 2.75) is 44.4 Å². The van der Waals surface area contributed by atoms with E-state index in [0.717, 1.165) is 25.7 Å². The van der Waals surface area contributed by atoms with Gasteiger partial charge in [-0.25, -0.2) is 0 Å². The van der Waals surface area contributed by atoms with Crippen LogP contribution in [0, 0.1) is 6.92 Å². The summed E-state index contributed by atoms with van der Waals surface area (Å²) in [6.45, 7) is 4.63. The van der Waals surface area contributed by atoms with Gasteiger partial charge in [-0.2, -0.15) is 0 Å². The minimum absolute atomic E-state index is 0.137. The Kier molecular flexibility index (Phi) is 7.02. The van der Waals surface area contributed by atoms with Crippen molar-refractivity contribution in [2.24, 2.45) is 0 Å². The topological polar surface area (TPSA) is 26.3 Å². The molecule has 0 N–H and O–H groups in total. The molecule has 100 valence electrons. The molecule has 1 rings (SSSR count). The van der Waals surface area contributed by atoms with Crippen molar-refractivity contribution in [3.8, 4) is 0 Å². The van der Waals surface area contributed by atoms with Crippen LogP contribution in [0.15, 0.2) is 24.3 Å². The normalized spacial score (nSPS) is 12.2. The fourth-order valence-electron chi connectivity index (χ4n) is 1.77. The maximum atomic E-state index is 11.5. The Balaban J connectivity index is 2.29. The molecule has 0 saturated carbocycles. The quantitative estimate of drug-likeness (QED) is 0.561. The number of hydrogen-bond acceptors (Lipinski definition) is 2. The lowest BCUT2D eigenvalue weighted by molar-refractivity contribution is -0.142. The van der Waals surface area contributed by atoms with Crippen LogP contribution in [0.25, 0.3) is 0 Å². The lowest BCUT2D eigenvalue weighted by Crippen LogP contribution is -2.18. The summed E-state index contributed by atoms with van der Waals surface area (Å²) in [7, 11) is 0. The molecule has 18 heavy (non-hydrogen) atoms. The first-order valence-electron chi connectivity index (χ1n) is 6.50. The summed E-state index contributed by atoms with van der Waals surface area (Å²) in [5.74, 6) is -0.137. The van der Waals surface area contributed by atoms with E-state index in [1.807, 2.05) is 13.0 Å². The van der Waals surface area contributed by atoms with Gasteiger partial charge in [-0.15, -0.1) is 0 Å². The molecule has 1 unspecified atom stereocenters. The van der Waals surface area contributed by atoms with E-state index in [9.17, 15) is 4.79 Å². The van der Waals surface area contributed by atoms with Gasteiger partial charge in [0, 0.05) is 0 Å². The third kappa shape index (κ3) is 5.21. The monoisotopic (exact) mass is 312 g/mol. The van der Waals surface area contributed by atoms with E-state index in [1.54, 1.807) is 0 Å². The van der Waals surface area contributed by atoms with Gasteiger partial charge in [-0.3, -0.25) is 4.79 Å². The van der Waals surface area contributed by atoms with Gasteiger partial charge in [0.25, 0.3) is 0 Å². The van der Waals surface area contributed by atoms with E-state index >= 15 is 0 Å². The zero-order valence-electron chi connectivity index (χ0n) is 11.1. The lowest BCUT2D eigenvalue weighted by atomic mass is 10.0. The van der Waals surface area contributed by atoms with E-state index in [1.165, 1.54) is 11.1 Å². The number of carbonyl (C=O) groups excluding carboxylic acids is 1. The van der Waals surface area contributed by atoms with E-state index in [0.29, 0.717) is 6.61 Å². The molecule has 0 aromatic heterocycles. The Morgan fingerprint density at radius 3 is 2.78 bits per heavy atom. The standard InChI is InChI=1S/C15H21BrO2/c1-3-11-18-15(17)14(16)10-6-9-13-8-5-4-7-12(13)2/h4-5,7-8,14H,3,6,9-11H2,1-2H3. The molecule has 0 heterocycles. The SMILES string of the molecule is CCCOC(=O)C(Br)CCCc1ccccc1C. The predicted molar refractivity (Wildman–Crippen MR) is 78.1 cm³/mol. The van der Waals surface area contributed by atoms with E-state index in [2.05, 4.69) is 41.1 Å². The third-order valence-corrected chi connectivity index (χ3v) is 3.70. The van der Waals surface area contributed by atoms with Crippen LogP contribution in [-0.2, 0) is 16.0 Å². The highest BCUT2D eigenvalue weighted by molar-refractivity contribution is 9.10. The van der Waals surface area contributed by atoms with Crippen LogP contribution >= 0.6 is 15.9 Å². The molecule has 0 amide bonds. The molecule has 0 radical (unpaired) electrons. The zero-order chi connectivity index (χ0) is 13.4. The van der Waals surface area contributed by atoms with Gasteiger partial charge in [-0.05, 0) is 43.7 Å². The molecular formula is C15H21BrO2. The minimum Gasteiger partial charge on any atom is -0.465 e. The number of alkyl halides is 1. The molecule has 0 spiro atoms. The van der Waals surface area contributed by atoms with Crippen LogP contribution in [-0.4, -0.2) is 17.4 Å². The molecule has 1 aromatic rings. The number of carbonyl (C=O) groups is 1. The first kappa shape index (κ1) is 15.2. The Morgan fingerprint density at radius 2 is 2.11 bits per heavy atom. The molecular weight excluding hydrogens is 292 g/mol. The average Bonchev–Trinajstić information content (AvgIpc) is 2.38. The van der Waals surface area contributed by atoms with Gasteiger partial charge in [0.05, 0.1) is 6.61 Å². The first-order chi connectivity index (χ1) is 8.65. The first-order valence-corrected chi connectivity index (χ1v) is 7.42. The lowest BCUT2D eigenvalue weighted by Gasteiger charge is -2.10. The summed E-state index contributed by atoms with van der Waals surface area (Å²) in [5.41, 5.74) is 2.68. The summed E-state index contributed by atoms with van der Waals surface area (Å²) in [4.78, 5) is 11.4. The molecule has 0 aliphatic rings. The molecule has 2 nitrogen and oxygen atoms in total. The number of halogens is 1. The Bertz CT molecular complexity index is 377. The number of hydrogen-bond donors (Lipinski definition) is 0. The van der Waals surface area contributed by atoms with Crippen molar-refractivity contribution in [1.29, 1.82) is 0 Å². The number of benzene rings is 1. The second kappa shape index (κ2) is 8.30. The number of ether oxygens (including phenoxy) is 1. The Hall–Kier alpha value is -0.830. The second-order valence-electron chi connectivity index (χ2n) is 4.45. The molecule has 0 aliphatic carbocycles. The molecule has 1 atom stereocenters. The van der Waals surface area contributed by atoms with Crippen LogP contribution < -0.4 is 0 Å². The third-order valence-electron chi connectivity index (χ3n) is 2.87. The second-order valence-corrected chi connectivity index (χ2v) is 5.56. The number of rotatable bonds is 7. The molecule has 0 saturated heterocycles. The summed E-state index contributed by atoms with van der Waals surface area (Å²) >= 11 is 3.39. The smallest absolute Gasteiger partial charge is 0.319 e. The molecule has 0 aliphatic heterocycles.